The van der Waals surface area contributed by atoms with Gasteiger partial charge in [-0.3, -0.25) is 0 Å². The zero-order valence-corrected chi connectivity index (χ0v) is 33.6. The van der Waals surface area contributed by atoms with Gasteiger partial charge in [-0.2, -0.15) is 0 Å². The normalized spacial score (nSPS) is 34.6. The third kappa shape index (κ3) is 9.20. The zero-order valence-electron chi connectivity index (χ0n) is 33.6. The minimum Gasteiger partial charge on any atom is -0.124 e. The number of hydrogen-bond acceptors (Lipinski definition) is 0. The molecule has 56 heavy (non-hydrogen) atoms. The van der Waals surface area contributed by atoms with Crippen LogP contribution in [0.5, 0.6) is 0 Å². The summed E-state index contributed by atoms with van der Waals surface area (Å²) in [4.78, 5) is 0. The van der Waals surface area contributed by atoms with Crippen molar-refractivity contribution in [3.63, 3.8) is 0 Å². The molecular formula is C56H56. The van der Waals surface area contributed by atoms with Crippen molar-refractivity contribution < 1.29 is 0 Å². The van der Waals surface area contributed by atoms with E-state index in [1.54, 1.807) is 60.3 Å². The quantitative estimate of drug-likeness (QED) is 0.173. The maximum Gasteiger partial charge on any atom is -0.00108 e. The summed E-state index contributed by atoms with van der Waals surface area (Å²) in [6.07, 6.45) is 38.0. The van der Waals surface area contributed by atoms with Crippen molar-refractivity contribution in [2.75, 3.05) is 0 Å². The molecule has 0 radical (unpaired) electrons. The Kier molecular flexibility index (Phi) is 21.4. The van der Waals surface area contributed by atoms with E-state index >= 15 is 0 Å². The first-order valence-corrected chi connectivity index (χ1v) is 19.0. The predicted molar refractivity (Wildman–Crippen MR) is 237 cm³/mol. The molecule has 0 aliphatic heterocycles. The molecule has 0 bridgehead atoms. The summed E-state index contributed by atoms with van der Waals surface area (Å²) in [5.74, 6) is 71.6. The minimum absolute atomic E-state index is 0. The van der Waals surface area contributed by atoms with E-state index < -0.39 is 0 Å². The molecule has 0 spiro atoms. The molecular weight excluding hydrogens is 673 g/mol. The van der Waals surface area contributed by atoms with Gasteiger partial charge in [-0.05, 0) is 252 Å². The summed E-state index contributed by atoms with van der Waals surface area (Å²) in [7, 11) is 0. The molecule has 0 heterocycles. The second-order valence-corrected chi connectivity index (χ2v) is 14.4. The number of hydrogen-bond donors (Lipinski definition) is 0. The van der Waals surface area contributed by atoms with Crippen LogP contribution in [0.25, 0.3) is 0 Å². The molecule has 0 N–H and O–H groups in total. The molecule has 9 aliphatic carbocycles. The summed E-state index contributed by atoms with van der Waals surface area (Å²) in [5, 5.41) is 0. The molecule has 0 nitrogen and oxygen atoms in total. The topological polar surface area (TPSA) is 0 Å². The van der Waals surface area contributed by atoms with E-state index in [2.05, 4.69) is 144 Å². The Morgan fingerprint density at radius 3 is 0.643 bits per heavy atom. The van der Waals surface area contributed by atoms with Crippen molar-refractivity contribution in [2.45, 2.75) is 81.6 Å². The maximum atomic E-state index is 4.78. The summed E-state index contributed by atoms with van der Waals surface area (Å²) < 4.78 is 0. The van der Waals surface area contributed by atoms with E-state index in [9.17, 15) is 0 Å². The summed E-state index contributed by atoms with van der Waals surface area (Å²) in [5.41, 5.74) is 0. The molecule has 9 rings (SSSR count). The number of rotatable bonds is 0. The van der Waals surface area contributed by atoms with Crippen molar-refractivity contribution in [3.05, 3.63) is 0 Å². The molecule has 0 aromatic carbocycles. The smallest absolute Gasteiger partial charge is 0.00108 e. The highest BCUT2D eigenvalue weighted by atomic mass is 14.9. The average Bonchev–Trinajstić information content (AvgIpc) is 3.17. The van der Waals surface area contributed by atoms with Gasteiger partial charge in [-0.15, -0.1) is 62.7 Å². The third-order valence-electron chi connectivity index (χ3n) is 13.3. The van der Waals surface area contributed by atoms with Crippen LogP contribution >= 0.6 is 0 Å². The van der Waals surface area contributed by atoms with Crippen LogP contribution in [-0.2, 0) is 0 Å². The van der Waals surface area contributed by atoms with Gasteiger partial charge in [-0.1, -0.05) is 31.1 Å². The lowest BCUT2D eigenvalue weighted by atomic mass is 9.09. The van der Waals surface area contributed by atoms with E-state index in [0.29, 0.717) is 0 Å². The molecule has 0 heteroatoms. The van der Waals surface area contributed by atoms with Gasteiger partial charge in [0, 0.05) is 0 Å². The zero-order chi connectivity index (χ0) is 40.9. The van der Waals surface area contributed by atoms with Gasteiger partial charge in [-0.25, -0.2) is 0 Å². The first kappa shape index (κ1) is 47.9. The van der Waals surface area contributed by atoms with Crippen molar-refractivity contribution in [2.24, 2.45) is 94.7 Å². The molecule has 9 fully saturated rings. The van der Waals surface area contributed by atoms with E-state index in [0.717, 1.165) is 0 Å². The summed E-state index contributed by atoms with van der Waals surface area (Å²) in [6, 6.07) is 0. The van der Waals surface area contributed by atoms with Gasteiger partial charge < -0.3 is 0 Å². The molecule has 12 unspecified atom stereocenters. The highest BCUT2D eigenvalue weighted by Gasteiger charge is 2.90. The second kappa shape index (κ2) is 25.0. The largest absolute Gasteiger partial charge is 0.124 e. The first-order valence-electron chi connectivity index (χ1n) is 19.0. The monoisotopic (exact) mass is 728 g/mol. The van der Waals surface area contributed by atoms with Crippen LogP contribution in [-0.4, -0.2) is 0 Å². The summed E-state index contributed by atoms with van der Waals surface area (Å²) >= 11 is 0. The van der Waals surface area contributed by atoms with E-state index in [1.165, 1.54) is 94.7 Å². The fourth-order valence-corrected chi connectivity index (χ4v) is 11.9. The highest BCUT2D eigenvalue weighted by Crippen LogP contribution is 2.94. The van der Waals surface area contributed by atoms with Gasteiger partial charge in [0.1, 0.15) is 0 Å². The molecule has 9 saturated carbocycles. The minimum atomic E-state index is 0. The average molecular weight is 729 g/mol. The van der Waals surface area contributed by atoms with Crippen molar-refractivity contribution in [1.29, 1.82) is 0 Å². The molecule has 0 aromatic rings. The van der Waals surface area contributed by atoms with Crippen LogP contribution in [0.4, 0.5) is 0 Å². The SMILES string of the molecule is C.C#C.C#CC.C#CC#CC.C#CC#CC#C.C#CC#CC#CC.C1CC2C1C1C2C2C1C1C2C2C3C4C5CCC5C4C3C12.CC#CC.CC#CC#CC#CC. The lowest BCUT2D eigenvalue weighted by Crippen LogP contribution is -2.91. The fraction of sp³-hybridized carbons (Fsp3) is 0.500. The molecule has 280 valence electrons. The van der Waals surface area contributed by atoms with E-state index in [1.807, 2.05) is 13.8 Å². The Balaban J connectivity index is 0.000000375. The first-order chi connectivity index (χ1) is 27.0. The Bertz CT molecular complexity index is 1960. The Labute approximate surface area is 344 Å². The van der Waals surface area contributed by atoms with E-state index in [-0.39, 0.29) is 7.43 Å². The van der Waals surface area contributed by atoms with Crippen LogP contribution < -0.4 is 0 Å². The Hall–Kier alpha value is -6.16. The molecule has 0 aromatic heterocycles. The van der Waals surface area contributed by atoms with Gasteiger partial charge in [0.2, 0.25) is 0 Å². The molecule has 0 amide bonds. The number of fused-ring (bicyclic) bond motifs is 22. The third-order valence-corrected chi connectivity index (χ3v) is 13.3. The van der Waals surface area contributed by atoms with Crippen molar-refractivity contribution >= 4 is 0 Å². The second-order valence-electron chi connectivity index (χ2n) is 14.4. The van der Waals surface area contributed by atoms with Gasteiger partial charge in [0.25, 0.3) is 0 Å². The number of terminal acetylenes is 6. The summed E-state index contributed by atoms with van der Waals surface area (Å²) in [6.45, 7) is 12.2. The van der Waals surface area contributed by atoms with Crippen LogP contribution in [0.1, 0.15) is 81.6 Å². The van der Waals surface area contributed by atoms with Crippen LogP contribution in [0, 0.1) is 264 Å². The van der Waals surface area contributed by atoms with Crippen LogP contribution in [0.2, 0.25) is 0 Å². The molecule has 9 aliphatic rings. The Morgan fingerprint density at radius 2 is 0.482 bits per heavy atom. The standard InChI is InChI=1S/C20H24.C8H6.C7H4.C6H2.C5H4.C4H6.C3H4.C2H2.CH4/c1-2-6-5(1)9-10(6)14-13(9)17-18(14)20-16-12-8-4-3-7(8)11(12)15(16)19(17)20;1-3-5-7-8-6-4-2;1-3-5-7-6-4-2;1-3-5-6-4-2;1-3-5-4-2;1-3-4-2;1-3-2;1-2;/h5-20H,1-4H2;1-2H3;1H,2H3;1-2H;1H,2H3;1-2H3;1H,2H3;1-2H;1H4. The van der Waals surface area contributed by atoms with Crippen LogP contribution in [0.3, 0.4) is 0 Å². The van der Waals surface area contributed by atoms with Crippen molar-refractivity contribution in [1.82, 2.24) is 0 Å². The van der Waals surface area contributed by atoms with Gasteiger partial charge in [0.15, 0.2) is 0 Å². The fourth-order valence-electron chi connectivity index (χ4n) is 11.9. The maximum absolute atomic E-state index is 4.78. The molecule has 12 atom stereocenters. The predicted octanol–water partition coefficient (Wildman–Crippen LogP) is 8.66. The van der Waals surface area contributed by atoms with Gasteiger partial charge >= 0.3 is 0 Å². The molecule has 0 saturated heterocycles. The highest BCUT2D eigenvalue weighted by molar-refractivity contribution is 5.38. The lowest BCUT2D eigenvalue weighted by Gasteiger charge is -2.95. The lowest BCUT2D eigenvalue weighted by molar-refractivity contribution is -0.482. The van der Waals surface area contributed by atoms with E-state index in [4.69, 9.17) is 25.7 Å². The van der Waals surface area contributed by atoms with Gasteiger partial charge in [0.05, 0.1) is 0 Å². The van der Waals surface area contributed by atoms with Crippen molar-refractivity contribution in [3.8, 4) is 169 Å². The van der Waals surface area contributed by atoms with Crippen LogP contribution in [0.15, 0.2) is 0 Å². The Morgan fingerprint density at radius 1 is 0.286 bits per heavy atom.